The molecule has 4 aromatic rings. The maximum Gasteiger partial charge on any atom is 0.277 e. The summed E-state index contributed by atoms with van der Waals surface area (Å²) in [5.74, 6) is -0.146. The zero-order chi connectivity index (χ0) is 20.1. The van der Waals surface area contributed by atoms with Gasteiger partial charge in [-0.15, -0.1) is 5.10 Å². The third-order valence-corrected chi connectivity index (χ3v) is 4.59. The number of imidazole rings is 1. The number of aryl methyl sites for hydroxylation is 1. The van der Waals surface area contributed by atoms with Gasteiger partial charge in [0.15, 0.2) is 0 Å². The van der Waals surface area contributed by atoms with Gasteiger partial charge in [-0.1, -0.05) is 41.6 Å². The van der Waals surface area contributed by atoms with Crippen LogP contribution < -0.4 is 10.9 Å². The van der Waals surface area contributed by atoms with E-state index < -0.39 is 0 Å². The average molecular weight is 388 g/mol. The van der Waals surface area contributed by atoms with Crippen molar-refractivity contribution in [3.8, 4) is 0 Å². The molecule has 0 saturated heterocycles. The van der Waals surface area contributed by atoms with E-state index in [9.17, 15) is 9.59 Å². The molecule has 0 fully saturated rings. The minimum Gasteiger partial charge on any atom is -0.352 e. The number of aromatic nitrogens is 5. The smallest absolute Gasteiger partial charge is 0.277 e. The van der Waals surface area contributed by atoms with Gasteiger partial charge in [-0.3, -0.25) is 9.59 Å². The molecule has 1 N–H and O–H groups in total. The highest BCUT2D eigenvalue weighted by atomic mass is 16.2. The van der Waals surface area contributed by atoms with E-state index in [1.165, 1.54) is 4.68 Å². The van der Waals surface area contributed by atoms with Crippen LogP contribution in [0, 0.1) is 0 Å². The molecule has 1 amide bonds. The second kappa shape index (κ2) is 8.47. The molecule has 4 rings (SSSR count). The molecule has 0 bridgehead atoms. The van der Waals surface area contributed by atoms with Crippen molar-refractivity contribution in [3.63, 3.8) is 0 Å². The number of rotatable bonds is 7. The Morgan fingerprint density at radius 2 is 1.93 bits per heavy atom. The SMILES string of the molecule is O=C(CCn1nnc2ccccc2c1=O)NCc1cccc(Cn2ccnc2)c1. The standard InChI is InChI=1S/C21H20N6O2/c28-20(8-10-27-21(29)18-6-1-2-7-19(18)24-25-27)23-13-16-4-3-5-17(12-16)14-26-11-9-22-15-26/h1-7,9,11-12,15H,8,10,13-14H2,(H,23,28). The molecule has 0 aliphatic carbocycles. The maximum absolute atomic E-state index is 12.4. The summed E-state index contributed by atoms with van der Waals surface area (Å²) in [6.45, 7) is 1.34. The van der Waals surface area contributed by atoms with E-state index in [4.69, 9.17) is 0 Å². The lowest BCUT2D eigenvalue weighted by Gasteiger charge is -2.09. The Labute approximate surface area is 166 Å². The van der Waals surface area contributed by atoms with Gasteiger partial charge in [-0.25, -0.2) is 9.67 Å². The highest BCUT2D eigenvalue weighted by molar-refractivity contribution is 5.77. The van der Waals surface area contributed by atoms with Crippen molar-refractivity contribution >= 4 is 16.8 Å². The van der Waals surface area contributed by atoms with E-state index in [0.717, 1.165) is 17.7 Å². The highest BCUT2D eigenvalue weighted by Gasteiger charge is 2.08. The van der Waals surface area contributed by atoms with Gasteiger partial charge in [0.25, 0.3) is 5.56 Å². The van der Waals surface area contributed by atoms with Gasteiger partial charge < -0.3 is 9.88 Å². The third kappa shape index (κ3) is 4.55. The summed E-state index contributed by atoms with van der Waals surface area (Å²) in [4.78, 5) is 28.7. The number of amides is 1. The summed E-state index contributed by atoms with van der Waals surface area (Å²) < 4.78 is 3.22. The predicted molar refractivity (Wildman–Crippen MR) is 108 cm³/mol. The largest absolute Gasteiger partial charge is 0.352 e. The minimum absolute atomic E-state index is 0.146. The molecule has 0 radical (unpaired) electrons. The van der Waals surface area contributed by atoms with Crippen LogP contribution in [0.5, 0.6) is 0 Å². The van der Waals surface area contributed by atoms with Gasteiger partial charge in [0, 0.05) is 31.9 Å². The van der Waals surface area contributed by atoms with Gasteiger partial charge in [0.1, 0.15) is 5.52 Å². The predicted octanol–water partition coefficient (Wildman–Crippen LogP) is 1.74. The number of nitrogens with one attached hydrogen (secondary N) is 1. The fourth-order valence-electron chi connectivity index (χ4n) is 3.10. The third-order valence-electron chi connectivity index (χ3n) is 4.59. The van der Waals surface area contributed by atoms with Crippen molar-refractivity contribution in [3.05, 3.63) is 88.7 Å². The Morgan fingerprint density at radius 1 is 1.07 bits per heavy atom. The monoisotopic (exact) mass is 388 g/mol. The lowest BCUT2D eigenvalue weighted by atomic mass is 10.1. The number of hydrogen-bond acceptors (Lipinski definition) is 5. The minimum atomic E-state index is -0.240. The molecular formula is C21H20N6O2. The zero-order valence-corrected chi connectivity index (χ0v) is 15.7. The van der Waals surface area contributed by atoms with Crippen molar-refractivity contribution in [2.24, 2.45) is 0 Å². The Kier molecular flexibility index (Phi) is 5.42. The molecule has 2 aromatic heterocycles. The summed E-state index contributed by atoms with van der Waals surface area (Å²) in [7, 11) is 0. The van der Waals surface area contributed by atoms with Crippen LogP contribution in [0.25, 0.3) is 10.9 Å². The molecule has 2 aromatic carbocycles. The summed E-state index contributed by atoms with van der Waals surface area (Å²) in [6.07, 6.45) is 5.58. The van der Waals surface area contributed by atoms with Gasteiger partial charge in [-0.05, 0) is 23.3 Å². The second-order valence-corrected chi connectivity index (χ2v) is 6.72. The van der Waals surface area contributed by atoms with Crippen LogP contribution in [0.15, 0.2) is 72.0 Å². The normalized spacial score (nSPS) is 10.9. The molecule has 0 unspecified atom stereocenters. The fourth-order valence-corrected chi connectivity index (χ4v) is 3.10. The van der Waals surface area contributed by atoms with Crippen LogP contribution in [0.2, 0.25) is 0 Å². The van der Waals surface area contributed by atoms with E-state index >= 15 is 0 Å². The molecule has 0 saturated carbocycles. The highest BCUT2D eigenvalue weighted by Crippen LogP contribution is 2.08. The number of carbonyl (C=O) groups excluding carboxylic acids is 1. The molecule has 0 spiro atoms. The Hall–Kier alpha value is -3.81. The quantitative estimate of drug-likeness (QED) is 0.520. The molecule has 2 heterocycles. The summed E-state index contributed by atoms with van der Waals surface area (Å²) in [5, 5.41) is 11.3. The summed E-state index contributed by atoms with van der Waals surface area (Å²) in [6, 6.07) is 15.1. The van der Waals surface area contributed by atoms with Crippen LogP contribution in [0.1, 0.15) is 17.5 Å². The Morgan fingerprint density at radius 3 is 2.79 bits per heavy atom. The van der Waals surface area contributed by atoms with Crippen LogP contribution in [-0.4, -0.2) is 30.5 Å². The van der Waals surface area contributed by atoms with E-state index in [0.29, 0.717) is 17.4 Å². The molecular weight excluding hydrogens is 368 g/mol. The maximum atomic E-state index is 12.4. The second-order valence-electron chi connectivity index (χ2n) is 6.72. The van der Waals surface area contributed by atoms with Crippen molar-refractivity contribution in [1.29, 1.82) is 0 Å². The van der Waals surface area contributed by atoms with Gasteiger partial charge in [-0.2, -0.15) is 0 Å². The van der Waals surface area contributed by atoms with E-state index in [1.807, 2.05) is 29.0 Å². The molecule has 0 atom stereocenters. The first-order valence-electron chi connectivity index (χ1n) is 9.32. The van der Waals surface area contributed by atoms with Gasteiger partial charge in [0.2, 0.25) is 5.91 Å². The first-order chi connectivity index (χ1) is 14.2. The van der Waals surface area contributed by atoms with Crippen molar-refractivity contribution in [2.45, 2.75) is 26.1 Å². The van der Waals surface area contributed by atoms with E-state index in [-0.39, 0.29) is 24.4 Å². The van der Waals surface area contributed by atoms with Crippen LogP contribution >= 0.6 is 0 Å². The van der Waals surface area contributed by atoms with Gasteiger partial charge in [0.05, 0.1) is 18.3 Å². The molecule has 8 heteroatoms. The molecule has 0 aliphatic heterocycles. The lowest BCUT2D eigenvalue weighted by Crippen LogP contribution is -2.29. The molecule has 146 valence electrons. The Balaban J connectivity index is 1.33. The summed E-state index contributed by atoms with van der Waals surface area (Å²) in [5.41, 5.74) is 2.45. The van der Waals surface area contributed by atoms with Crippen LogP contribution in [0.4, 0.5) is 0 Å². The number of fused-ring (bicyclic) bond motifs is 1. The van der Waals surface area contributed by atoms with Crippen molar-refractivity contribution in [1.82, 2.24) is 29.9 Å². The topological polar surface area (TPSA) is 94.7 Å². The van der Waals surface area contributed by atoms with Gasteiger partial charge >= 0.3 is 0 Å². The lowest BCUT2D eigenvalue weighted by molar-refractivity contribution is -0.121. The first-order valence-corrected chi connectivity index (χ1v) is 9.32. The molecule has 0 aliphatic rings. The molecule has 29 heavy (non-hydrogen) atoms. The van der Waals surface area contributed by atoms with E-state index in [1.54, 1.807) is 36.8 Å². The summed E-state index contributed by atoms with van der Waals surface area (Å²) >= 11 is 0. The Bertz CT molecular complexity index is 1180. The van der Waals surface area contributed by atoms with E-state index in [2.05, 4.69) is 26.7 Å². The number of hydrogen-bond donors (Lipinski definition) is 1. The van der Waals surface area contributed by atoms with Crippen molar-refractivity contribution < 1.29 is 4.79 Å². The first kappa shape index (κ1) is 18.5. The van der Waals surface area contributed by atoms with Crippen LogP contribution in [0.3, 0.4) is 0 Å². The number of benzene rings is 2. The van der Waals surface area contributed by atoms with Crippen molar-refractivity contribution in [2.75, 3.05) is 0 Å². The number of nitrogens with zero attached hydrogens (tertiary/aromatic N) is 5. The number of carbonyl (C=O) groups is 1. The zero-order valence-electron chi connectivity index (χ0n) is 15.7. The molecule has 8 nitrogen and oxygen atoms in total. The van der Waals surface area contributed by atoms with Crippen LogP contribution in [-0.2, 0) is 24.4 Å². The fraction of sp³-hybridized carbons (Fsp3) is 0.190. The average Bonchev–Trinajstić information content (AvgIpc) is 3.25.